The zero-order valence-electron chi connectivity index (χ0n) is 19.4. The number of para-hydroxylation sites is 1. The lowest BCUT2D eigenvalue weighted by Gasteiger charge is -2.36. The van der Waals surface area contributed by atoms with Crippen LogP contribution in [0.4, 0.5) is 42.2 Å². The number of amides is 1. The molecular weight excluding hydrogens is 527 g/mol. The zero-order chi connectivity index (χ0) is 28.3. The van der Waals surface area contributed by atoms with Crippen LogP contribution in [-0.4, -0.2) is 50.8 Å². The normalized spacial score (nSPS) is 19.0. The molecule has 2 atom stereocenters. The predicted octanol–water partition coefficient (Wildman–Crippen LogP) is 5.08. The highest BCUT2D eigenvalue weighted by atomic mass is 19.4. The van der Waals surface area contributed by atoms with Crippen LogP contribution in [0.15, 0.2) is 48.5 Å². The Morgan fingerprint density at radius 1 is 1.11 bits per heavy atom. The van der Waals surface area contributed by atoms with Gasteiger partial charge in [0.25, 0.3) is 18.3 Å². The molecule has 0 spiro atoms. The first kappa shape index (κ1) is 28.7. The van der Waals surface area contributed by atoms with Crippen LogP contribution in [-0.2, 0) is 4.79 Å². The van der Waals surface area contributed by atoms with E-state index in [4.69, 9.17) is 15.6 Å². The second-order valence-electron chi connectivity index (χ2n) is 8.35. The van der Waals surface area contributed by atoms with E-state index in [2.05, 4.69) is 15.7 Å². The number of carbonyl (C=O) groups is 2. The Hall–Kier alpha value is -3.88. The van der Waals surface area contributed by atoms with E-state index < -0.39 is 42.5 Å². The molecule has 0 aliphatic heterocycles. The molecule has 38 heavy (non-hydrogen) atoms. The maximum Gasteiger partial charge on any atom is 0.490 e. The number of carboxylic acid groups (broad SMARTS) is 1. The van der Waals surface area contributed by atoms with Crippen molar-refractivity contribution in [3.8, 4) is 0 Å². The standard InChI is InChI=1S/C21H21F4N5O.C2HF3O2/c22-19(23)13-4-1-2-5-14(13)28-20(31)16-9-7-12-8-10-17(29-30(12)16)27-15-6-3-11-21(24,25)18(15)26;3-2(4,5)1(6)7/h1-2,4-5,7-10,15,18-19H,3,6,11,26H2,(H,27,29)(H,28,31);(H,6,7)/t15-,18-;/m1./s1. The van der Waals surface area contributed by atoms with Crippen molar-refractivity contribution in [3.63, 3.8) is 0 Å². The quantitative estimate of drug-likeness (QED) is 0.329. The number of aliphatic carboxylic acids is 1. The average molecular weight is 549 g/mol. The molecule has 1 aromatic carbocycles. The third-order valence-electron chi connectivity index (χ3n) is 5.70. The Labute approximate surface area is 210 Å². The Kier molecular flexibility index (Phi) is 8.49. The average Bonchev–Trinajstić information content (AvgIpc) is 3.25. The molecular formula is C23H22F7N5O3. The third-order valence-corrected chi connectivity index (χ3v) is 5.70. The van der Waals surface area contributed by atoms with Gasteiger partial charge in [0, 0.05) is 23.7 Å². The first-order chi connectivity index (χ1) is 17.7. The van der Waals surface area contributed by atoms with E-state index >= 15 is 0 Å². The molecule has 0 saturated heterocycles. The van der Waals surface area contributed by atoms with Gasteiger partial charge >= 0.3 is 12.1 Å². The van der Waals surface area contributed by atoms with Gasteiger partial charge in [-0.25, -0.2) is 26.9 Å². The number of nitrogens with one attached hydrogen (secondary N) is 2. The SMILES string of the molecule is N[C@@H]1[C@H](Nc2ccc3ccc(C(=O)Nc4ccccc4C(F)F)n3n2)CCCC1(F)F.O=C(O)C(F)(F)F. The van der Waals surface area contributed by atoms with Crippen LogP contribution >= 0.6 is 0 Å². The molecule has 0 unspecified atom stereocenters. The Morgan fingerprint density at radius 2 is 1.74 bits per heavy atom. The summed E-state index contributed by atoms with van der Waals surface area (Å²) in [6.07, 6.45) is -7.27. The lowest BCUT2D eigenvalue weighted by molar-refractivity contribution is -0.192. The molecule has 15 heteroatoms. The van der Waals surface area contributed by atoms with Gasteiger partial charge in [0.1, 0.15) is 11.5 Å². The summed E-state index contributed by atoms with van der Waals surface area (Å²) >= 11 is 0. The third kappa shape index (κ3) is 6.70. The van der Waals surface area contributed by atoms with Crippen molar-refractivity contribution in [1.82, 2.24) is 9.61 Å². The van der Waals surface area contributed by atoms with Crippen LogP contribution in [0.2, 0.25) is 0 Å². The highest BCUT2D eigenvalue weighted by molar-refractivity contribution is 6.04. The summed E-state index contributed by atoms with van der Waals surface area (Å²) in [5.41, 5.74) is 6.13. The summed E-state index contributed by atoms with van der Waals surface area (Å²) in [6.45, 7) is 0. The molecule has 5 N–H and O–H groups in total. The maximum atomic E-state index is 13.9. The molecule has 3 aromatic rings. The number of hydrogen-bond acceptors (Lipinski definition) is 5. The highest BCUT2D eigenvalue weighted by Gasteiger charge is 2.44. The lowest BCUT2D eigenvalue weighted by atomic mass is 9.87. The fourth-order valence-electron chi connectivity index (χ4n) is 3.77. The molecule has 0 bridgehead atoms. The molecule has 1 aliphatic rings. The maximum absolute atomic E-state index is 13.9. The van der Waals surface area contributed by atoms with E-state index in [1.165, 1.54) is 28.8 Å². The number of carboxylic acids is 1. The molecule has 2 aromatic heterocycles. The van der Waals surface area contributed by atoms with Gasteiger partial charge in [-0.3, -0.25) is 4.79 Å². The van der Waals surface area contributed by atoms with E-state index in [1.54, 1.807) is 24.3 Å². The largest absolute Gasteiger partial charge is 0.490 e. The number of fused-ring (bicyclic) bond motifs is 1. The van der Waals surface area contributed by atoms with Gasteiger partial charge < -0.3 is 21.5 Å². The first-order valence-electron chi connectivity index (χ1n) is 11.1. The number of rotatable bonds is 5. The van der Waals surface area contributed by atoms with Gasteiger partial charge in [-0.15, -0.1) is 5.10 Å². The first-order valence-corrected chi connectivity index (χ1v) is 11.1. The molecule has 1 saturated carbocycles. The van der Waals surface area contributed by atoms with Gasteiger partial charge in [0.15, 0.2) is 0 Å². The number of nitrogens with two attached hydrogens (primary N) is 1. The van der Waals surface area contributed by atoms with Crippen LogP contribution in [0.1, 0.15) is 41.7 Å². The summed E-state index contributed by atoms with van der Waals surface area (Å²) in [6, 6.07) is 10.0. The van der Waals surface area contributed by atoms with Crippen LogP contribution in [0.3, 0.4) is 0 Å². The van der Waals surface area contributed by atoms with E-state index in [1.807, 2.05) is 0 Å². The number of aromatic nitrogens is 2. The number of nitrogens with zero attached hydrogens (tertiary/aromatic N) is 2. The molecule has 206 valence electrons. The topological polar surface area (TPSA) is 122 Å². The number of hydrogen-bond donors (Lipinski definition) is 4. The monoisotopic (exact) mass is 549 g/mol. The van der Waals surface area contributed by atoms with Crippen molar-refractivity contribution in [2.75, 3.05) is 10.6 Å². The Balaban J connectivity index is 0.000000505. The summed E-state index contributed by atoms with van der Waals surface area (Å²) in [7, 11) is 0. The molecule has 1 fully saturated rings. The summed E-state index contributed by atoms with van der Waals surface area (Å²) < 4.78 is 87.3. The fraction of sp³-hybridized carbons (Fsp3) is 0.348. The molecule has 0 radical (unpaired) electrons. The van der Waals surface area contributed by atoms with Crippen molar-refractivity contribution >= 4 is 28.9 Å². The van der Waals surface area contributed by atoms with E-state index in [0.29, 0.717) is 18.4 Å². The van der Waals surface area contributed by atoms with E-state index in [0.717, 1.165) is 0 Å². The van der Waals surface area contributed by atoms with Gasteiger partial charge in [0.2, 0.25) is 0 Å². The number of anilines is 2. The molecule has 2 heterocycles. The van der Waals surface area contributed by atoms with Gasteiger partial charge in [-0.1, -0.05) is 18.2 Å². The minimum atomic E-state index is -5.08. The second-order valence-corrected chi connectivity index (χ2v) is 8.35. The van der Waals surface area contributed by atoms with Crippen LogP contribution in [0.25, 0.3) is 5.52 Å². The smallest absolute Gasteiger partial charge is 0.475 e. The lowest BCUT2D eigenvalue weighted by Crippen LogP contribution is -2.55. The summed E-state index contributed by atoms with van der Waals surface area (Å²) in [4.78, 5) is 21.6. The zero-order valence-corrected chi connectivity index (χ0v) is 19.4. The molecule has 8 nitrogen and oxygen atoms in total. The van der Waals surface area contributed by atoms with E-state index in [9.17, 15) is 35.5 Å². The number of halogens is 7. The van der Waals surface area contributed by atoms with Crippen LogP contribution in [0, 0.1) is 0 Å². The molecule has 1 aliphatic carbocycles. The Bertz CT molecular complexity index is 1300. The highest BCUT2D eigenvalue weighted by Crippen LogP contribution is 2.33. The molecule has 1 amide bonds. The molecule has 4 rings (SSSR count). The van der Waals surface area contributed by atoms with Crippen molar-refractivity contribution in [1.29, 1.82) is 0 Å². The number of carbonyl (C=O) groups excluding carboxylic acids is 1. The number of benzene rings is 1. The second kappa shape index (κ2) is 11.2. The predicted molar refractivity (Wildman–Crippen MR) is 122 cm³/mol. The van der Waals surface area contributed by atoms with Crippen molar-refractivity contribution < 1.29 is 45.4 Å². The van der Waals surface area contributed by atoms with Crippen molar-refractivity contribution in [2.45, 2.75) is 49.9 Å². The van der Waals surface area contributed by atoms with E-state index in [-0.39, 0.29) is 29.2 Å². The fourth-order valence-corrected chi connectivity index (χ4v) is 3.77. The minimum Gasteiger partial charge on any atom is -0.475 e. The Morgan fingerprint density at radius 3 is 2.37 bits per heavy atom. The van der Waals surface area contributed by atoms with Crippen molar-refractivity contribution in [3.05, 3.63) is 59.8 Å². The van der Waals surface area contributed by atoms with Crippen LogP contribution < -0.4 is 16.4 Å². The summed E-state index contributed by atoms with van der Waals surface area (Å²) in [5, 5.41) is 16.9. The van der Waals surface area contributed by atoms with Gasteiger partial charge in [-0.05, 0) is 43.2 Å². The van der Waals surface area contributed by atoms with Gasteiger partial charge in [0.05, 0.1) is 11.6 Å². The minimum absolute atomic E-state index is 0.00198. The summed E-state index contributed by atoms with van der Waals surface area (Å²) in [5.74, 6) is -6.06. The van der Waals surface area contributed by atoms with Crippen molar-refractivity contribution in [2.24, 2.45) is 5.73 Å². The van der Waals surface area contributed by atoms with Crippen LogP contribution in [0.5, 0.6) is 0 Å². The number of alkyl halides is 7. The van der Waals surface area contributed by atoms with Gasteiger partial charge in [-0.2, -0.15) is 13.2 Å².